The Morgan fingerprint density at radius 2 is 1.89 bits per heavy atom. The van der Waals surface area contributed by atoms with Crippen LogP contribution in [0, 0.1) is 5.92 Å². The summed E-state index contributed by atoms with van der Waals surface area (Å²) < 4.78 is 0. The van der Waals surface area contributed by atoms with Crippen molar-refractivity contribution in [3.05, 3.63) is 0 Å². The molecule has 1 amide bonds. The van der Waals surface area contributed by atoms with Gasteiger partial charge in [0.1, 0.15) is 0 Å². The van der Waals surface area contributed by atoms with E-state index in [9.17, 15) is 4.79 Å². The second kappa shape index (κ2) is 5.80. The molecule has 0 bridgehead atoms. The molecule has 3 unspecified atom stereocenters. The Morgan fingerprint density at radius 3 is 2.74 bits per heavy atom. The molecule has 2 aliphatic heterocycles. The van der Waals surface area contributed by atoms with E-state index in [1.165, 1.54) is 25.8 Å². The number of hydrogen-bond acceptors (Lipinski definition) is 3. The third kappa shape index (κ3) is 2.95. The van der Waals surface area contributed by atoms with Gasteiger partial charge in [-0.15, -0.1) is 0 Å². The van der Waals surface area contributed by atoms with Crippen LogP contribution in [0.15, 0.2) is 0 Å². The summed E-state index contributed by atoms with van der Waals surface area (Å²) in [5.74, 6) is 0.597. The number of amides is 1. The van der Waals surface area contributed by atoms with E-state index in [4.69, 9.17) is 5.73 Å². The highest BCUT2D eigenvalue weighted by atomic mass is 16.2. The number of rotatable bonds is 1. The maximum absolute atomic E-state index is 12.6. The van der Waals surface area contributed by atoms with E-state index in [1.54, 1.807) is 0 Å². The Hall–Kier alpha value is -0.610. The Morgan fingerprint density at radius 1 is 1.00 bits per heavy atom. The van der Waals surface area contributed by atoms with Crippen molar-refractivity contribution in [1.82, 2.24) is 9.80 Å². The molecule has 108 valence electrons. The maximum Gasteiger partial charge on any atom is 0.225 e. The van der Waals surface area contributed by atoms with Gasteiger partial charge in [0.15, 0.2) is 0 Å². The zero-order valence-electron chi connectivity index (χ0n) is 11.9. The maximum atomic E-state index is 12.6. The summed E-state index contributed by atoms with van der Waals surface area (Å²) >= 11 is 0. The fourth-order valence-corrected chi connectivity index (χ4v) is 4.07. The van der Waals surface area contributed by atoms with E-state index >= 15 is 0 Å². The van der Waals surface area contributed by atoms with Crippen LogP contribution in [-0.4, -0.2) is 54.0 Å². The summed E-state index contributed by atoms with van der Waals surface area (Å²) in [6.45, 7) is 4.21. The molecule has 4 heteroatoms. The van der Waals surface area contributed by atoms with Crippen molar-refractivity contribution in [3.8, 4) is 0 Å². The monoisotopic (exact) mass is 265 g/mol. The molecule has 0 aromatic heterocycles. The van der Waals surface area contributed by atoms with E-state index in [0.717, 1.165) is 45.3 Å². The van der Waals surface area contributed by atoms with Crippen LogP contribution in [0.25, 0.3) is 0 Å². The molecule has 0 aromatic carbocycles. The molecule has 1 aliphatic carbocycles. The van der Waals surface area contributed by atoms with Crippen LogP contribution < -0.4 is 5.73 Å². The first-order valence-electron chi connectivity index (χ1n) is 8.02. The number of fused-ring (bicyclic) bond motifs is 1. The normalized spacial score (nSPS) is 36.9. The van der Waals surface area contributed by atoms with Gasteiger partial charge in [0, 0.05) is 37.6 Å². The largest absolute Gasteiger partial charge is 0.340 e. The van der Waals surface area contributed by atoms with E-state index < -0.39 is 0 Å². The van der Waals surface area contributed by atoms with Crippen molar-refractivity contribution in [3.63, 3.8) is 0 Å². The number of nitrogens with zero attached hydrogens (tertiary/aromatic N) is 2. The van der Waals surface area contributed by atoms with Crippen LogP contribution in [0.5, 0.6) is 0 Å². The van der Waals surface area contributed by atoms with E-state index in [1.807, 2.05) is 0 Å². The third-order valence-electron chi connectivity index (χ3n) is 5.21. The van der Waals surface area contributed by atoms with E-state index in [-0.39, 0.29) is 12.0 Å². The summed E-state index contributed by atoms with van der Waals surface area (Å²) in [5, 5.41) is 0. The highest BCUT2D eigenvalue weighted by molar-refractivity contribution is 5.79. The van der Waals surface area contributed by atoms with Gasteiger partial charge >= 0.3 is 0 Å². The molecule has 2 N–H and O–H groups in total. The van der Waals surface area contributed by atoms with Crippen LogP contribution in [0.3, 0.4) is 0 Å². The van der Waals surface area contributed by atoms with Gasteiger partial charge in [-0.3, -0.25) is 9.69 Å². The molecule has 0 spiro atoms. The fraction of sp³-hybridized carbons (Fsp3) is 0.933. The summed E-state index contributed by atoms with van der Waals surface area (Å²) in [6.07, 6.45) is 8.12. The minimum Gasteiger partial charge on any atom is -0.340 e. The second-order valence-corrected chi connectivity index (χ2v) is 6.59. The molecule has 1 saturated carbocycles. The van der Waals surface area contributed by atoms with E-state index in [2.05, 4.69) is 9.80 Å². The van der Waals surface area contributed by atoms with Gasteiger partial charge in [0.2, 0.25) is 5.91 Å². The van der Waals surface area contributed by atoms with Gasteiger partial charge in [-0.2, -0.15) is 0 Å². The zero-order chi connectivity index (χ0) is 13.2. The van der Waals surface area contributed by atoms with E-state index in [0.29, 0.717) is 11.9 Å². The Kier molecular flexibility index (Phi) is 4.08. The Bertz CT molecular complexity index is 333. The van der Waals surface area contributed by atoms with Crippen molar-refractivity contribution >= 4 is 5.91 Å². The summed E-state index contributed by atoms with van der Waals surface area (Å²) in [6, 6.07) is 0.877. The number of carbonyl (C=O) groups excluding carboxylic acids is 1. The second-order valence-electron chi connectivity index (χ2n) is 6.59. The van der Waals surface area contributed by atoms with Crippen LogP contribution >= 0.6 is 0 Å². The summed E-state index contributed by atoms with van der Waals surface area (Å²) in [4.78, 5) is 17.3. The third-order valence-corrected chi connectivity index (χ3v) is 5.21. The molecule has 19 heavy (non-hydrogen) atoms. The smallest absolute Gasteiger partial charge is 0.225 e. The van der Waals surface area contributed by atoms with Crippen molar-refractivity contribution in [2.45, 2.75) is 57.0 Å². The number of nitrogens with two attached hydrogens (primary N) is 1. The molecule has 2 saturated heterocycles. The predicted molar refractivity (Wildman–Crippen MR) is 75.7 cm³/mol. The van der Waals surface area contributed by atoms with Crippen LogP contribution in [-0.2, 0) is 4.79 Å². The van der Waals surface area contributed by atoms with Crippen molar-refractivity contribution in [2.75, 3.05) is 26.2 Å². The lowest BCUT2D eigenvalue weighted by Crippen LogP contribution is -2.57. The average Bonchev–Trinajstić information content (AvgIpc) is 2.46. The minimum atomic E-state index is 0.207. The molecule has 0 aromatic rings. The lowest BCUT2D eigenvalue weighted by molar-refractivity contribution is -0.140. The molecule has 3 fully saturated rings. The van der Waals surface area contributed by atoms with Crippen molar-refractivity contribution < 1.29 is 4.79 Å². The molecule has 4 nitrogen and oxygen atoms in total. The first kappa shape index (κ1) is 13.4. The van der Waals surface area contributed by atoms with Gasteiger partial charge in [0.05, 0.1) is 0 Å². The van der Waals surface area contributed by atoms with Crippen molar-refractivity contribution in [2.24, 2.45) is 11.7 Å². The molecular weight excluding hydrogens is 238 g/mol. The first-order chi connectivity index (χ1) is 9.24. The average molecular weight is 265 g/mol. The van der Waals surface area contributed by atoms with Crippen molar-refractivity contribution in [1.29, 1.82) is 0 Å². The Labute approximate surface area is 116 Å². The van der Waals surface area contributed by atoms with Gasteiger partial charge in [0.25, 0.3) is 0 Å². The molecule has 2 heterocycles. The van der Waals surface area contributed by atoms with Gasteiger partial charge < -0.3 is 10.6 Å². The van der Waals surface area contributed by atoms with Crippen LogP contribution in [0.2, 0.25) is 0 Å². The van der Waals surface area contributed by atoms with Gasteiger partial charge in [-0.05, 0) is 38.6 Å². The lowest BCUT2D eigenvalue weighted by atomic mass is 9.85. The summed E-state index contributed by atoms with van der Waals surface area (Å²) in [7, 11) is 0. The van der Waals surface area contributed by atoms with Crippen LogP contribution in [0.1, 0.15) is 44.9 Å². The number of piperidine rings is 1. The van der Waals surface area contributed by atoms with Crippen LogP contribution in [0.4, 0.5) is 0 Å². The molecule has 3 aliphatic rings. The minimum absolute atomic E-state index is 0.207. The Balaban J connectivity index is 1.58. The lowest BCUT2D eigenvalue weighted by Gasteiger charge is -2.45. The van der Waals surface area contributed by atoms with Gasteiger partial charge in [-0.25, -0.2) is 0 Å². The molecule has 3 atom stereocenters. The standard InChI is InChI=1S/C15H27N3O/c16-13-5-3-4-12(10-13)15(19)18-9-8-17-7-2-1-6-14(17)11-18/h12-14H,1-11,16H2. The highest BCUT2D eigenvalue weighted by Gasteiger charge is 2.34. The number of hydrogen-bond donors (Lipinski definition) is 1. The zero-order valence-corrected chi connectivity index (χ0v) is 11.9. The predicted octanol–water partition coefficient (Wildman–Crippen LogP) is 1.20. The number of piperazine rings is 1. The molecule has 0 radical (unpaired) electrons. The van der Waals surface area contributed by atoms with Gasteiger partial charge in [-0.1, -0.05) is 12.8 Å². The molecule has 3 rings (SSSR count). The first-order valence-corrected chi connectivity index (χ1v) is 8.02. The highest BCUT2D eigenvalue weighted by Crippen LogP contribution is 2.27. The quantitative estimate of drug-likeness (QED) is 0.775. The SMILES string of the molecule is NC1CCCC(C(=O)N2CCN3CCCCC3C2)C1. The number of carbonyl (C=O) groups is 1. The molecular formula is C15H27N3O. The topological polar surface area (TPSA) is 49.6 Å². The summed E-state index contributed by atoms with van der Waals surface area (Å²) in [5.41, 5.74) is 6.02. The fourth-order valence-electron chi connectivity index (χ4n) is 4.07.